The molecule has 1 heterocycles. The van der Waals surface area contributed by atoms with Crippen molar-refractivity contribution < 1.29 is 23.1 Å². The van der Waals surface area contributed by atoms with Gasteiger partial charge in [0.05, 0.1) is 13.2 Å². The number of ether oxygens (including phenoxy) is 1. The number of hydrogen-bond donors (Lipinski definition) is 1. The molecule has 134 valence electrons. The van der Waals surface area contributed by atoms with Gasteiger partial charge in [-0.15, -0.1) is 0 Å². The SMILES string of the molecule is COCCN(CC(F)F)C(=O)N[C@@H](C)C(=O)N1CCCC[C@@H]1C. The van der Waals surface area contributed by atoms with Crippen LogP contribution in [0.1, 0.15) is 33.1 Å². The molecule has 0 unspecified atom stereocenters. The van der Waals surface area contributed by atoms with Crippen LogP contribution in [-0.2, 0) is 9.53 Å². The molecule has 1 N–H and O–H groups in total. The molecular formula is C15H27F2N3O3. The summed E-state index contributed by atoms with van der Waals surface area (Å²) in [7, 11) is 1.43. The maximum Gasteiger partial charge on any atom is 0.318 e. The third kappa shape index (κ3) is 6.29. The van der Waals surface area contributed by atoms with Gasteiger partial charge < -0.3 is 19.9 Å². The molecule has 0 aromatic carbocycles. The van der Waals surface area contributed by atoms with Gasteiger partial charge in [0.15, 0.2) is 0 Å². The molecule has 23 heavy (non-hydrogen) atoms. The van der Waals surface area contributed by atoms with Crippen LogP contribution in [0.15, 0.2) is 0 Å². The molecule has 0 radical (unpaired) electrons. The van der Waals surface area contributed by atoms with Gasteiger partial charge in [-0.2, -0.15) is 0 Å². The van der Waals surface area contributed by atoms with E-state index in [0.29, 0.717) is 6.54 Å². The van der Waals surface area contributed by atoms with Crippen LogP contribution in [0, 0.1) is 0 Å². The molecule has 6 nitrogen and oxygen atoms in total. The summed E-state index contributed by atoms with van der Waals surface area (Å²) in [5.41, 5.74) is 0. The minimum Gasteiger partial charge on any atom is -0.383 e. The fourth-order valence-corrected chi connectivity index (χ4v) is 2.66. The monoisotopic (exact) mass is 335 g/mol. The largest absolute Gasteiger partial charge is 0.383 e. The lowest BCUT2D eigenvalue weighted by Gasteiger charge is -2.35. The van der Waals surface area contributed by atoms with Crippen LogP contribution in [0.25, 0.3) is 0 Å². The normalized spacial score (nSPS) is 19.6. The Bertz CT molecular complexity index is 396. The smallest absolute Gasteiger partial charge is 0.318 e. The van der Waals surface area contributed by atoms with Crippen molar-refractivity contribution in [2.75, 3.05) is 33.4 Å². The Morgan fingerprint density at radius 2 is 2.09 bits per heavy atom. The minimum absolute atomic E-state index is 0.0493. The van der Waals surface area contributed by atoms with E-state index in [2.05, 4.69) is 5.32 Å². The molecule has 1 fully saturated rings. The first kappa shape index (κ1) is 19.6. The molecular weight excluding hydrogens is 308 g/mol. The van der Waals surface area contributed by atoms with Crippen molar-refractivity contribution in [1.29, 1.82) is 0 Å². The molecule has 1 aliphatic heterocycles. The van der Waals surface area contributed by atoms with Gasteiger partial charge in [-0.25, -0.2) is 13.6 Å². The van der Waals surface area contributed by atoms with Gasteiger partial charge in [0.25, 0.3) is 6.43 Å². The molecule has 0 saturated carbocycles. The van der Waals surface area contributed by atoms with Gasteiger partial charge in [-0.3, -0.25) is 4.79 Å². The van der Waals surface area contributed by atoms with Gasteiger partial charge in [-0.05, 0) is 33.1 Å². The molecule has 0 spiro atoms. The molecule has 0 aromatic heterocycles. The summed E-state index contributed by atoms with van der Waals surface area (Å²) in [5.74, 6) is -0.172. The van der Waals surface area contributed by atoms with Crippen molar-refractivity contribution in [1.82, 2.24) is 15.1 Å². The van der Waals surface area contributed by atoms with E-state index in [1.807, 2.05) is 6.92 Å². The zero-order chi connectivity index (χ0) is 17.4. The Hall–Kier alpha value is -1.44. The highest BCUT2D eigenvalue weighted by atomic mass is 19.3. The van der Waals surface area contributed by atoms with E-state index in [0.717, 1.165) is 24.2 Å². The molecule has 3 amide bonds. The van der Waals surface area contributed by atoms with Crippen molar-refractivity contribution in [2.45, 2.75) is 51.6 Å². The molecule has 1 aliphatic rings. The third-order valence-corrected chi connectivity index (χ3v) is 4.01. The Balaban J connectivity index is 2.59. The summed E-state index contributed by atoms with van der Waals surface area (Å²) < 4.78 is 30.0. The number of carbonyl (C=O) groups excluding carboxylic acids is 2. The molecule has 2 atom stereocenters. The third-order valence-electron chi connectivity index (χ3n) is 4.01. The Kier molecular flexibility index (Phi) is 8.22. The number of alkyl halides is 2. The first-order chi connectivity index (χ1) is 10.9. The number of urea groups is 1. The van der Waals surface area contributed by atoms with Crippen molar-refractivity contribution >= 4 is 11.9 Å². The topological polar surface area (TPSA) is 61.9 Å². The number of piperidine rings is 1. The average Bonchev–Trinajstić information content (AvgIpc) is 2.50. The molecule has 1 rings (SSSR count). The van der Waals surface area contributed by atoms with Crippen LogP contribution in [0.5, 0.6) is 0 Å². The summed E-state index contributed by atoms with van der Waals surface area (Å²) >= 11 is 0. The van der Waals surface area contributed by atoms with Crippen LogP contribution in [-0.4, -0.2) is 73.6 Å². The summed E-state index contributed by atoms with van der Waals surface area (Å²) in [4.78, 5) is 27.3. The van der Waals surface area contributed by atoms with E-state index in [4.69, 9.17) is 4.74 Å². The highest BCUT2D eigenvalue weighted by Gasteiger charge is 2.29. The number of likely N-dealkylation sites (tertiary alicyclic amines) is 1. The number of nitrogens with one attached hydrogen (secondary N) is 1. The molecule has 1 saturated heterocycles. The van der Waals surface area contributed by atoms with Gasteiger partial charge in [0.1, 0.15) is 6.04 Å². The number of hydrogen-bond acceptors (Lipinski definition) is 3. The van der Waals surface area contributed by atoms with Crippen LogP contribution < -0.4 is 5.32 Å². The lowest BCUT2D eigenvalue weighted by Crippen LogP contribution is -2.54. The van der Waals surface area contributed by atoms with E-state index in [9.17, 15) is 18.4 Å². The quantitative estimate of drug-likeness (QED) is 0.770. The van der Waals surface area contributed by atoms with Crippen molar-refractivity contribution in [3.8, 4) is 0 Å². The van der Waals surface area contributed by atoms with Gasteiger partial charge >= 0.3 is 6.03 Å². The van der Waals surface area contributed by atoms with Gasteiger partial charge in [0, 0.05) is 26.2 Å². The molecule has 8 heteroatoms. The Labute approximate surface area is 136 Å². The van der Waals surface area contributed by atoms with Crippen LogP contribution in [0.2, 0.25) is 0 Å². The van der Waals surface area contributed by atoms with Gasteiger partial charge in [0.2, 0.25) is 5.91 Å². The van der Waals surface area contributed by atoms with Gasteiger partial charge in [-0.1, -0.05) is 0 Å². The lowest BCUT2D eigenvalue weighted by molar-refractivity contribution is -0.136. The summed E-state index contributed by atoms with van der Waals surface area (Å²) in [6.45, 7) is 3.76. The second-order valence-corrected chi connectivity index (χ2v) is 5.88. The fourth-order valence-electron chi connectivity index (χ4n) is 2.66. The Morgan fingerprint density at radius 1 is 1.39 bits per heavy atom. The first-order valence-corrected chi connectivity index (χ1v) is 7.99. The molecule has 0 bridgehead atoms. The van der Waals surface area contributed by atoms with Crippen LogP contribution >= 0.6 is 0 Å². The number of carbonyl (C=O) groups is 2. The molecule has 0 aromatic rings. The van der Waals surface area contributed by atoms with E-state index >= 15 is 0 Å². The number of amides is 3. The van der Waals surface area contributed by atoms with Crippen LogP contribution in [0.3, 0.4) is 0 Å². The van der Waals surface area contributed by atoms with E-state index in [-0.39, 0.29) is 25.1 Å². The summed E-state index contributed by atoms with van der Waals surface area (Å²) in [6.07, 6.45) is 0.343. The maximum atomic E-state index is 12.6. The zero-order valence-corrected chi connectivity index (χ0v) is 14.1. The van der Waals surface area contributed by atoms with Crippen LogP contribution in [0.4, 0.5) is 13.6 Å². The second-order valence-electron chi connectivity index (χ2n) is 5.88. The van der Waals surface area contributed by atoms with Crippen molar-refractivity contribution in [3.05, 3.63) is 0 Å². The maximum absolute atomic E-state index is 12.6. The second kappa shape index (κ2) is 9.64. The number of methoxy groups -OCH3 is 1. The number of halogens is 2. The highest BCUT2D eigenvalue weighted by molar-refractivity contribution is 5.87. The van der Waals surface area contributed by atoms with E-state index in [1.165, 1.54) is 7.11 Å². The molecule has 0 aliphatic carbocycles. The predicted molar refractivity (Wildman–Crippen MR) is 82.5 cm³/mol. The van der Waals surface area contributed by atoms with Crippen molar-refractivity contribution in [3.63, 3.8) is 0 Å². The first-order valence-electron chi connectivity index (χ1n) is 7.99. The highest BCUT2D eigenvalue weighted by Crippen LogP contribution is 2.17. The number of nitrogens with zero attached hydrogens (tertiary/aromatic N) is 2. The predicted octanol–water partition coefficient (Wildman–Crippen LogP) is 1.70. The zero-order valence-electron chi connectivity index (χ0n) is 14.1. The number of rotatable bonds is 7. The Morgan fingerprint density at radius 3 is 2.65 bits per heavy atom. The standard InChI is InChI=1S/C15H27F2N3O3/c1-11-6-4-5-7-20(11)14(21)12(2)18-15(22)19(8-9-23-3)10-13(16)17/h11-13H,4-10H2,1-3H3,(H,18,22)/t11-,12-/m0/s1. The summed E-state index contributed by atoms with van der Waals surface area (Å²) in [5, 5.41) is 2.52. The van der Waals surface area contributed by atoms with E-state index in [1.54, 1.807) is 11.8 Å². The van der Waals surface area contributed by atoms with E-state index < -0.39 is 25.0 Å². The van der Waals surface area contributed by atoms with Crippen molar-refractivity contribution in [2.24, 2.45) is 0 Å². The lowest BCUT2D eigenvalue weighted by atomic mass is 10.0. The summed E-state index contributed by atoms with van der Waals surface area (Å²) in [6, 6.07) is -1.28. The minimum atomic E-state index is -2.63. The average molecular weight is 335 g/mol. The fraction of sp³-hybridized carbons (Fsp3) is 0.867.